The number of likely N-dealkylation sites (tertiary alicyclic amines) is 1. The zero-order valence-corrected chi connectivity index (χ0v) is 9.77. The maximum atomic E-state index is 12.2. The Morgan fingerprint density at radius 1 is 1.31 bits per heavy atom. The number of nitrogens with two attached hydrogens (primary N) is 1. The van der Waals surface area contributed by atoms with E-state index in [0.29, 0.717) is 18.4 Å². The zero-order chi connectivity index (χ0) is 11.5. The number of aliphatic hydroxyl groups excluding tert-OH is 1. The van der Waals surface area contributed by atoms with Crippen LogP contribution in [0.5, 0.6) is 0 Å². The summed E-state index contributed by atoms with van der Waals surface area (Å²) in [7, 11) is 0. The average molecular weight is 226 g/mol. The van der Waals surface area contributed by atoms with Crippen LogP contribution in [0.4, 0.5) is 0 Å². The molecule has 1 amide bonds. The summed E-state index contributed by atoms with van der Waals surface area (Å²) in [4.78, 5) is 14.1. The lowest BCUT2D eigenvalue weighted by molar-refractivity contribution is -0.145. The second kappa shape index (κ2) is 5.15. The fourth-order valence-electron chi connectivity index (χ4n) is 2.91. The summed E-state index contributed by atoms with van der Waals surface area (Å²) in [6.07, 6.45) is 4.47. The van der Waals surface area contributed by atoms with Crippen molar-refractivity contribution < 1.29 is 9.90 Å². The Kier molecular flexibility index (Phi) is 3.82. The molecule has 1 aliphatic heterocycles. The zero-order valence-electron chi connectivity index (χ0n) is 9.77. The van der Waals surface area contributed by atoms with E-state index in [0.717, 1.165) is 32.4 Å². The molecule has 2 atom stereocenters. The molecular weight excluding hydrogens is 204 g/mol. The molecule has 2 fully saturated rings. The van der Waals surface area contributed by atoms with Gasteiger partial charge < -0.3 is 15.7 Å². The van der Waals surface area contributed by atoms with Crippen LogP contribution in [0, 0.1) is 17.8 Å². The highest BCUT2D eigenvalue weighted by molar-refractivity contribution is 5.80. The van der Waals surface area contributed by atoms with Gasteiger partial charge in [0.2, 0.25) is 5.91 Å². The molecular formula is C12H22N2O2. The van der Waals surface area contributed by atoms with E-state index < -0.39 is 0 Å². The molecule has 0 spiro atoms. The standard InChI is InChI=1S/C12H22N2O2/c13-5-10-3-1-2-4-11(10)12(16)14-6-9(7-14)8-15/h9-11,15H,1-8,13H2. The minimum Gasteiger partial charge on any atom is -0.396 e. The minimum absolute atomic E-state index is 0.151. The summed E-state index contributed by atoms with van der Waals surface area (Å²) in [5, 5.41) is 8.94. The normalized spacial score (nSPS) is 31.2. The van der Waals surface area contributed by atoms with E-state index in [1.54, 1.807) is 0 Å². The fourth-order valence-corrected chi connectivity index (χ4v) is 2.91. The van der Waals surface area contributed by atoms with Gasteiger partial charge >= 0.3 is 0 Å². The third-order valence-electron chi connectivity index (χ3n) is 4.06. The predicted molar refractivity (Wildman–Crippen MR) is 61.7 cm³/mol. The first-order valence-corrected chi connectivity index (χ1v) is 6.36. The molecule has 16 heavy (non-hydrogen) atoms. The van der Waals surface area contributed by atoms with E-state index in [2.05, 4.69) is 0 Å². The van der Waals surface area contributed by atoms with E-state index in [1.165, 1.54) is 6.42 Å². The van der Waals surface area contributed by atoms with Crippen molar-refractivity contribution in [3.05, 3.63) is 0 Å². The van der Waals surface area contributed by atoms with Crippen molar-refractivity contribution in [1.82, 2.24) is 4.90 Å². The van der Waals surface area contributed by atoms with Crippen LogP contribution in [0.3, 0.4) is 0 Å². The lowest BCUT2D eigenvalue weighted by Crippen LogP contribution is -2.54. The molecule has 1 saturated carbocycles. The maximum Gasteiger partial charge on any atom is 0.226 e. The molecule has 0 bridgehead atoms. The van der Waals surface area contributed by atoms with Gasteiger partial charge in [0.1, 0.15) is 0 Å². The highest BCUT2D eigenvalue weighted by atomic mass is 16.3. The number of hydrogen-bond donors (Lipinski definition) is 2. The predicted octanol–water partition coefficient (Wildman–Crippen LogP) is 0.202. The molecule has 4 heteroatoms. The minimum atomic E-state index is 0.151. The number of nitrogens with zero attached hydrogens (tertiary/aromatic N) is 1. The smallest absolute Gasteiger partial charge is 0.226 e. The first-order valence-electron chi connectivity index (χ1n) is 6.36. The van der Waals surface area contributed by atoms with Crippen LogP contribution >= 0.6 is 0 Å². The van der Waals surface area contributed by atoms with Crippen molar-refractivity contribution in [2.75, 3.05) is 26.2 Å². The molecule has 1 heterocycles. The van der Waals surface area contributed by atoms with Crippen molar-refractivity contribution in [2.24, 2.45) is 23.5 Å². The molecule has 3 N–H and O–H groups in total. The van der Waals surface area contributed by atoms with Crippen LogP contribution in [0.15, 0.2) is 0 Å². The Hall–Kier alpha value is -0.610. The molecule has 1 aliphatic carbocycles. The lowest BCUT2D eigenvalue weighted by Gasteiger charge is -2.42. The molecule has 92 valence electrons. The second-order valence-corrected chi connectivity index (χ2v) is 5.18. The van der Waals surface area contributed by atoms with Gasteiger partial charge in [-0.05, 0) is 25.3 Å². The van der Waals surface area contributed by atoms with Gasteiger partial charge in [-0.3, -0.25) is 4.79 Å². The van der Waals surface area contributed by atoms with Crippen LogP contribution in [0.1, 0.15) is 25.7 Å². The van der Waals surface area contributed by atoms with Gasteiger partial charge in [-0.25, -0.2) is 0 Å². The summed E-state index contributed by atoms with van der Waals surface area (Å²) < 4.78 is 0. The van der Waals surface area contributed by atoms with Gasteiger partial charge in [0.15, 0.2) is 0 Å². The number of carbonyl (C=O) groups excluding carboxylic acids is 1. The highest BCUT2D eigenvalue weighted by Gasteiger charge is 2.37. The summed E-state index contributed by atoms with van der Waals surface area (Å²) >= 11 is 0. The molecule has 4 nitrogen and oxygen atoms in total. The lowest BCUT2D eigenvalue weighted by atomic mass is 9.78. The van der Waals surface area contributed by atoms with Crippen LogP contribution in [-0.2, 0) is 4.79 Å². The SMILES string of the molecule is NCC1CCCCC1C(=O)N1CC(CO)C1. The van der Waals surface area contributed by atoms with Crippen LogP contribution in [0.2, 0.25) is 0 Å². The van der Waals surface area contributed by atoms with E-state index in [4.69, 9.17) is 10.8 Å². The van der Waals surface area contributed by atoms with E-state index in [-0.39, 0.29) is 18.4 Å². The van der Waals surface area contributed by atoms with Crippen LogP contribution < -0.4 is 5.73 Å². The number of rotatable bonds is 3. The number of hydrogen-bond acceptors (Lipinski definition) is 3. The Morgan fingerprint density at radius 3 is 2.62 bits per heavy atom. The van der Waals surface area contributed by atoms with Gasteiger partial charge in [0.25, 0.3) is 0 Å². The summed E-state index contributed by atoms with van der Waals surface area (Å²) in [5.74, 6) is 1.12. The Balaban J connectivity index is 1.88. The van der Waals surface area contributed by atoms with Crippen molar-refractivity contribution in [1.29, 1.82) is 0 Å². The van der Waals surface area contributed by atoms with Gasteiger partial charge in [0.05, 0.1) is 0 Å². The van der Waals surface area contributed by atoms with Gasteiger partial charge in [0, 0.05) is 31.5 Å². The fraction of sp³-hybridized carbons (Fsp3) is 0.917. The van der Waals surface area contributed by atoms with Gasteiger partial charge in [-0.1, -0.05) is 12.8 Å². The molecule has 2 aliphatic rings. The van der Waals surface area contributed by atoms with E-state index in [1.807, 2.05) is 4.90 Å². The summed E-state index contributed by atoms with van der Waals surface area (Å²) in [5.41, 5.74) is 5.73. The maximum absolute atomic E-state index is 12.2. The van der Waals surface area contributed by atoms with E-state index in [9.17, 15) is 4.79 Å². The number of amides is 1. The van der Waals surface area contributed by atoms with Crippen molar-refractivity contribution >= 4 is 5.91 Å². The topological polar surface area (TPSA) is 66.6 Å². The van der Waals surface area contributed by atoms with Crippen LogP contribution in [-0.4, -0.2) is 42.2 Å². The number of aliphatic hydroxyl groups is 1. The average Bonchev–Trinajstić information content (AvgIpc) is 2.27. The molecule has 0 radical (unpaired) electrons. The molecule has 2 unspecified atom stereocenters. The number of carbonyl (C=O) groups is 1. The Labute approximate surface area is 96.8 Å². The molecule has 0 aromatic carbocycles. The van der Waals surface area contributed by atoms with Gasteiger partial charge in [-0.2, -0.15) is 0 Å². The first-order chi connectivity index (χ1) is 7.76. The highest BCUT2D eigenvalue weighted by Crippen LogP contribution is 2.32. The van der Waals surface area contributed by atoms with Crippen molar-refractivity contribution in [3.63, 3.8) is 0 Å². The Bertz CT molecular complexity index is 251. The molecule has 1 saturated heterocycles. The van der Waals surface area contributed by atoms with E-state index >= 15 is 0 Å². The second-order valence-electron chi connectivity index (χ2n) is 5.18. The molecule has 0 aromatic rings. The Morgan fingerprint density at radius 2 is 2.00 bits per heavy atom. The molecule has 0 aromatic heterocycles. The monoisotopic (exact) mass is 226 g/mol. The first kappa shape index (κ1) is 11.9. The van der Waals surface area contributed by atoms with Crippen molar-refractivity contribution in [2.45, 2.75) is 25.7 Å². The summed E-state index contributed by atoms with van der Waals surface area (Å²) in [6, 6.07) is 0. The third-order valence-corrected chi connectivity index (χ3v) is 4.06. The van der Waals surface area contributed by atoms with Gasteiger partial charge in [-0.15, -0.1) is 0 Å². The summed E-state index contributed by atoms with van der Waals surface area (Å²) in [6.45, 7) is 2.31. The largest absolute Gasteiger partial charge is 0.396 e. The van der Waals surface area contributed by atoms with Crippen LogP contribution in [0.25, 0.3) is 0 Å². The van der Waals surface area contributed by atoms with Crippen molar-refractivity contribution in [3.8, 4) is 0 Å². The molecule has 2 rings (SSSR count). The third kappa shape index (κ3) is 2.23. The quantitative estimate of drug-likeness (QED) is 0.722.